The van der Waals surface area contributed by atoms with Gasteiger partial charge >= 0.3 is 11.9 Å². The van der Waals surface area contributed by atoms with E-state index in [4.69, 9.17) is 26.1 Å². The van der Waals surface area contributed by atoms with Crippen molar-refractivity contribution in [2.75, 3.05) is 33.2 Å². The SMILES string of the molecule is CNCCCNC(=O)c1ccc(-c2nn(-c3ccc(C(=O)O)cc3)c3ccccc23)cc1.NCCCNC(=O)c1ccc(-c2nn(-c3ccc(C(=O)O)cc3)c3ccccc23)cc1. The number of carbonyl (C=O) groups excluding carboxylic acids is 2. The first-order valence-corrected chi connectivity index (χ1v) is 20.4. The standard InChI is InChI=1S/C25H24N4O3.C24H22N4O3/c1-26-15-4-16-27-24(30)18-9-7-17(8-10-18)23-21-5-2-3-6-22(21)29(28-23)20-13-11-19(12-14-20)25(31)32;25-14-3-15-26-23(29)17-8-6-16(7-9-17)22-20-4-1-2-5-21(20)28(27-22)19-12-10-18(11-13-19)24(30)31/h2-3,5-14,26H,4,15-16H2,1H3,(H,27,30)(H,31,32);1-2,4-13H,3,14-15,25H2,(H,26,29)(H,30,31). The molecular weight excluding hydrogens is 797 g/mol. The number of carboxylic acids is 2. The van der Waals surface area contributed by atoms with Crippen molar-refractivity contribution in [3.8, 4) is 33.9 Å². The first-order chi connectivity index (χ1) is 30.7. The normalized spacial score (nSPS) is 10.9. The van der Waals surface area contributed by atoms with Gasteiger partial charge in [-0.25, -0.2) is 19.0 Å². The molecule has 8 aromatic rings. The van der Waals surface area contributed by atoms with Gasteiger partial charge in [0.15, 0.2) is 0 Å². The van der Waals surface area contributed by atoms with Crippen LogP contribution in [-0.4, -0.2) is 86.8 Å². The van der Waals surface area contributed by atoms with E-state index in [0.29, 0.717) is 30.8 Å². The average Bonchev–Trinajstić information content (AvgIpc) is 3.91. The summed E-state index contributed by atoms with van der Waals surface area (Å²) in [7, 11) is 1.89. The predicted octanol–water partition coefficient (Wildman–Crippen LogP) is 7.20. The number of benzene rings is 6. The average molecular weight is 843 g/mol. The van der Waals surface area contributed by atoms with Gasteiger partial charge in [-0.3, -0.25) is 9.59 Å². The number of para-hydroxylation sites is 2. The Bertz CT molecular complexity index is 2870. The number of hydrogen-bond acceptors (Lipinski definition) is 8. The van der Waals surface area contributed by atoms with Gasteiger partial charge in [-0.15, -0.1) is 0 Å². The van der Waals surface area contributed by atoms with Crippen LogP contribution in [0.2, 0.25) is 0 Å². The molecule has 0 aliphatic rings. The number of nitrogens with one attached hydrogen (secondary N) is 3. The third-order valence-corrected chi connectivity index (χ3v) is 10.3. The molecule has 14 heteroatoms. The number of fused-ring (bicyclic) bond motifs is 2. The molecule has 2 heterocycles. The monoisotopic (exact) mass is 842 g/mol. The third kappa shape index (κ3) is 10.00. The van der Waals surface area contributed by atoms with Crippen molar-refractivity contribution >= 4 is 45.6 Å². The maximum atomic E-state index is 12.3. The summed E-state index contributed by atoms with van der Waals surface area (Å²) in [6.45, 7) is 2.56. The molecule has 14 nitrogen and oxygen atoms in total. The zero-order chi connectivity index (χ0) is 44.3. The molecule has 0 aliphatic heterocycles. The molecule has 0 unspecified atom stereocenters. The molecule has 0 radical (unpaired) electrons. The number of amides is 2. The highest BCUT2D eigenvalue weighted by atomic mass is 16.4. The summed E-state index contributed by atoms with van der Waals surface area (Å²) < 4.78 is 3.60. The van der Waals surface area contributed by atoms with E-state index in [1.165, 1.54) is 0 Å². The molecule has 0 saturated heterocycles. The number of carboxylic acid groups (broad SMARTS) is 2. The molecule has 2 amide bonds. The number of nitrogens with two attached hydrogens (primary N) is 1. The second-order valence-electron chi connectivity index (χ2n) is 14.5. The zero-order valence-corrected chi connectivity index (χ0v) is 34.5. The number of rotatable bonds is 15. The Morgan fingerprint density at radius 2 is 0.889 bits per heavy atom. The number of aromatic carboxylic acids is 2. The van der Waals surface area contributed by atoms with Crippen LogP contribution in [0.15, 0.2) is 146 Å². The van der Waals surface area contributed by atoms with E-state index in [2.05, 4.69) is 16.0 Å². The van der Waals surface area contributed by atoms with Crippen molar-refractivity contribution in [3.63, 3.8) is 0 Å². The summed E-state index contributed by atoms with van der Waals surface area (Å²) >= 11 is 0. The molecule has 0 spiro atoms. The Balaban J connectivity index is 0.000000189. The van der Waals surface area contributed by atoms with E-state index in [-0.39, 0.29) is 22.9 Å². The summed E-state index contributed by atoms with van der Waals surface area (Å²) in [6.07, 6.45) is 1.61. The van der Waals surface area contributed by atoms with Crippen LogP contribution in [0.3, 0.4) is 0 Å². The Morgan fingerprint density at radius 3 is 1.27 bits per heavy atom. The lowest BCUT2D eigenvalue weighted by molar-refractivity contribution is 0.0686. The van der Waals surface area contributed by atoms with Crippen LogP contribution in [0.25, 0.3) is 55.7 Å². The molecule has 8 rings (SSSR count). The largest absolute Gasteiger partial charge is 0.478 e. The van der Waals surface area contributed by atoms with Gasteiger partial charge in [0.05, 0.1) is 33.5 Å². The van der Waals surface area contributed by atoms with Gasteiger partial charge in [0.1, 0.15) is 11.4 Å². The molecule has 6 aromatic carbocycles. The van der Waals surface area contributed by atoms with Gasteiger partial charge in [0, 0.05) is 46.1 Å². The van der Waals surface area contributed by atoms with Crippen molar-refractivity contribution in [3.05, 3.63) is 168 Å². The van der Waals surface area contributed by atoms with Gasteiger partial charge in [-0.1, -0.05) is 60.7 Å². The van der Waals surface area contributed by atoms with Gasteiger partial charge in [-0.05, 0) is 118 Å². The molecule has 318 valence electrons. The van der Waals surface area contributed by atoms with Crippen LogP contribution in [0, 0.1) is 0 Å². The van der Waals surface area contributed by atoms with Gasteiger partial charge < -0.3 is 31.9 Å². The highest BCUT2D eigenvalue weighted by Gasteiger charge is 2.17. The van der Waals surface area contributed by atoms with E-state index in [1.54, 1.807) is 82.2 Å². The van der Waals surface area contributed by atoms with E-state index < -0.39 is 11.9 Å². The van der Waals surface area contributed by atoms with Crippen LogP contribution < -0.4 is 21.7 Å². The molecule has 63 heavy (non-hydrogen) atoms. The van der Waals surface area contributed by atoms with Crippen LogP contribution in [0.5, 0.6) is 0 Å². The summed E-state index contributed by atoms with van der Waals surface area (Å²) in [5.41, 5.74) is 13.8. The van der Waals surface area contributed by atoms with Crippen LogP contribution in [-0.2, 0) is 0 Å². The minimum Gasteiger partial charge on any atom is -0.478 e. The third-order valence-electron chi connectivity index (χ3n) is 10.3. The fourth-order valence-corrected chi connectivity index (χ4v) is 6.98. The fourth-order valence-electron chi connectivity index (χ4n) is 6.98. The van der Waals surface area contributed by atoms with E-state index in [1.807, 2.05) is 79.8 Å². The van der Waals surface area contributed by atoms with Crippen LogP contribution >= 0.6 is 0 Å². The van der Waals surface area contributed by atoms with Crippen molar-refractivity contribution in [1.82, 2.24) is 35.5 Å². The maximum absolute atomic E-state index is 12.3. The minimum atomic E-state index is -0.968. The summed E-state index contributed by atoms with van der Waals surface area (Å²) in [4.78, 5) is 46.9. The first kappa shape index (κ1) is 43.2. The van der Waals surface area contributed by atoms with Crippen molar-refractivity contribution in [2.45, 2.75) is 12.8 Å². The Labute approximate surface area is 363 Å². The summed E-state index contributed by atoms with van der Waals surface area (Å²) in [6, 6.07) is 43.7. The number of hydrogen-bond donors (Lipinski definition) is 6. The van der Waals surface area contributed by atoms with Crippen LogP contribution in [0.4, 0.5) is 0 Å². The van der Waals surface area contributed by atoms with Gasteiger partial charge in [-0.2, -0.15) is 10.2 Å². The summed E-state index contributed by atoms with van der Waals surface area (Å²) in [5.74, 6) is -2.16. The molecule has 0 fully saturated rings. The Morgan fingerprint density at radius 1 is 0.508 bits per heavy atom. The zero-order valence-electron chi connectivity index (χ0n) is 34.5. The summed E-state index contributed by atoms with van der Waals surface area (Å²) in [5, 5.41) is 38.6. The number of aromatic nitrogens is 4. The highest BCUT2D eigenvalue weighted by molar-refractivity contribution is 5.98. The lowest BCUT2D eigenvalue weighted by Crippen LogP contribution is -2.26. The molecule has 0 saturated carbocycles. The predicted molar refractivity (Wildman–Crippen MR) is 244 cm³/mol. The number of nitrogens with zero attached hydrogens (tertiary/aromatic N) is 4. The van der Waals surface area contributed by atoms with E-state index in [0.717, 1.165) is 75.1 Å². The number of carbonyl (C=O) groups is 4. The Hall–Kier alpha value is -7.94. The molecule has 7 N–H and O–H groups in total. The van der Waals surface area contributed by atoms with Crippen LogP contribution in [0.1, 0.15) is 54.3 Å². The maximum Gasteiger partial charge on any atom is 0.335 e. The first-order valence-electron chi connectivity index (χ1n) is 20.4. The minimum absolute atomic E-state index is 0.0958. The lowest BCUT2D eigenvalue weighted by atomic mass is 10.1. The molecule has 0 bridgehead atoms. The fraction of sp³-hybridized carbons (Fsp3) is 0.143. The molecule has 2 aromatic heterocycles. The van der Waals surface area contributed by atoms with Crippen molar-refractivity contribution in [2.24, 2.45) is 5.73 Å². The lowest BCUT2D eigenvalue weighted by Gasteiger charge is -2.06. The second-order valence-corrected chi connectivity index (χ2v) is 14.5. The van der Waals surface area contributed by atoms with E-state index >= 15 is 0 Å². The quantitative estimate of drug-likeness (QED) is 0.0573. The molecule has 0 aliphatic carbocycles. The molecule has 0 atom stereocenters. The molecular formula is C49H46N8O6. The van der Waals surface area contributed by atoms with Crippen molar-refractivity contribution in [1.29, 1.82) is 0 Å². The van der Waals surface area contributed by atoms with E-state index in [9.17, 15) is 19.2 Å². The topological polar surface area (TPSA) is 206 Å². The Kier molecular flexibility index (Phi) is 13.8. The van der Waals surface area contributed by atoms with Gasteiger partial charge in [0.2, 0.25) is 0 Å². The van der Waals surface area contributed by atoms with Crippen molar-refractivity contribution < 1.29 is 29.4 Å². The second kappa shape index (κ2) is 20.1. The highest BCUT2D eigenvalue weighted by Crippen LogP contribution is 2.32. The smallest absolute Gasteiger partial charge is 0.335 e. The van der Waals surface area contributed by atoms with Gasteiger partial charge in [0.25, 0.3) is 11.8 Å².